The maximum Gasteiger partial charge on any atom is 0.417 e. The fourth-order valence-corrected chi connectivity index (χ4v) is 2.39. The van der Waals surface area contributed by atoms with Gasteiger partial charge in [-0.05, 0) is 31.0 Å². The van der Waals surface area contributed by atoms with Gasteiger partial charge < -0.3 is 15.7 Å². The van der Waals surface area contributed by atoms with Crippen LogP contribution in [0.1, 0.15) is 24.0 Å². The summed E-state index contributed by atoms with van der Waals surface area (Å²) in [4.78, 5) is 1.72. The van der Waals surface area contributed by atoms with Crippen molar-refractivity contribution in [2.75, 3.05) is 18.0 Å². The Balaban J connectivity index is 2.39. The van der Waals surface area contributed by atoms with Crippen molar-refractivity contribution >= 4 is 11.5 Å². The summed E-state index contributed by atoms with van der Waals surface area (Å²) in [6.07, 6.45) is -3.69. The number of piperidine rings is 1. The highest BCUT2D eigenvalue weighted by Gasteiger charge is 2.35. The number of amidine groups is 1. The topological polar surface area (TPSA) is 73.3 Å². The lowest BCUT2D eigenvalue weighted by Crippen LogP contribution is -2.38. The molecule has 0 bridgehead atoms. The van der Waals surface area contributed by atoms with Gasteiger partial charge in [-0.15, -0.1) is 0 Å². The first-order chi connectivity index (χ1) is 9.29. The van der Waals surface area contributed by atoms with Crippen LogP contribution in [0.25, 0.3) is 0 Å². The number of halogens is 3. The van der Waals surface area contributed by atoms with Crippen LogP contribution < -0.4 is 10.6 Å². The first-order valence-corrected chi connectivity index (χ1v) is 6.27. The molecule has 1 aliphatic heterocycles. The highest BCUT2D eigenvalue weighted by atomic mass is 19.4. The Bertz CT molecular complexity index is 516. The molecule has 1 fully saturated rings. The summed E-state index contributed by atoms with van der Waals surface area (Å²) in [7, 11) is 0. The average molecular weight is 287 g/mol. The molecule has 7 heteroatoms. The molecule has 20 heavy (non-hydrogen) atoms. The standard InChI is InChI=1S/C13H16F3N3O/c14-13(15,16)11-6-8(3-4-10(11)12(17)18)19-5-1-2-9(20)7-19/h3-4,6,9,20H,1-2,5,7H2,(H3,17,18). The van der Waals surface area contributed by atoms with E-state index in [4.69, 9.17) is 11.1 Å². The van der Waals surface area contributed by atoms with Gasteiger partial charge in [0.05, 0.1) is 11.7 Å². The zero-order valence-electron chi connectivity index (χ0n) is 10.7. The van der Waals surface area contributed by atoms with Crippen LogP contribution in [-0.4, -0.2) is 30.1 Å². The molecule has 1 saturated heterocycles. The summed E-state index contributed by atoms with van der Waals surface area (Å²) >= 11 is 0. The monoisotopic (exact) mass is 287 g/mol. The number of nitrogens with one attached hydrogen (secondary N) is 1. The van der Waals surface area contributed by atoms with Crippen molar-refractivity contribution in [2.45, 2.75) is 25.1 Å². The van der Waals surface area contributed by atoms with E-state index in [-0.39, 0.29) is 5.56 Å². The van der Waals surface area contributed by atoms with E-state index in [0.717, 1.165) is 12.5 Å². The molecule has 0 radical (unpaired) electrons. The smallest absolute Gasteiger partial charge is 0.391 e. The summed E-state index contributed by atoms with van der Waals surface area (Å²) < 4.78 is 39.0. The van der Waals surface area contributed by atoms with Gasteiger partial charge in [0, 0.05) is 24.3 Å². The van der Waals surface area contributed by atoms with Crippen LogP contribution >= 0.6 is 0 Å². The molecule has 0 aromatic heterocycles. The molecule has 0 saturated carbocycles. The van der Waals surface area contributed by atoms with Crippen molar-refractivity contribution in [1.29, 1.82) is 5.41 Å². The second-order valence-electron chi connectivity index (χ2n) is 4.88. The van der Waals surface area contributed by atoms with Crippen LogP contribution in [0.2, 0.25) is 0 Å². The van der Waals surface area contributed by atoms with Gasteiger partial charge in [-0.2, -0.15) is 13.2 Å². The number of hydrogen-bond donors (Lipinski definition) is 3. The number of rotatable bonds is 2. The molecule has 1 unspecified atom stereocenters. The lowest BCUT2D eigenvalue weighted by Gasteiger charge is -2.32. The number of nitrogens with zero attached hydrogens (tertiary/aromatic N) is 1. The molecule has 0 aliphatic carbocycles. The fraction of sp³-hybridized carbons (Fsp3) is 0.462. The molecule has 0 amide bonds. The summed E-state index contributed by atoms with van der Waals surface area (Å²) in [5.41, 5.74) is 4.35. The maximum absolute atomic E-state index is 13.0. The number of hydrogen-bond acceptors (Lipinski definition) is 3. The van der Waals surface area contributed by atoms with Crippen molar-refractivity contribution in [3.63, 3.8) is 0 Å². The Labute approximate surface area is 114 Å². The highest BCUT2D eigenvalue weighted by Crippen LogP contribution is 2.35. The van der Waals surface area contributed by atoms with Crippen molar-refractivity contribution < 1.29 is 18.3 Å². The van der Waals surface area contributed by atoms with Crippen LogP contribution in [0.5, 0.6) is 0 Å². The van der Waals surface area contributed by atoms with Gasteiger partial charge >= 0.3 is 6.18 Å². The van der Waals surface area contributed by atoms with Gasteiger partial charge in [0.25, 0.3) is 0 Å². The third-order valence-electron chi connectivity index (χ3n) is 3.36. The van der Waals surface area contributed by atoms with Gasteiger partial charge in [0.1, 0.15) is 5.84 Å². The maximum atomic E-state index is 13.0. The van der Waals surface area contributed by atoms with E-state index in [1.807, 2.05) is 0 Å². The highest BCUT2D eigenvalue weighted by molar-refractivity contribution is 5.97. The molecule has 2 rings (SSSR count). The van der Waals surface area contributed by atoms with E-state index in [2.05, 4.69) is 0 Å². The third kappa shape index (κ3) is 3.04. The van der Waals surface area contributed by atoms with E-state index in [1.165, 1.54) is 12.1 Å². The minimum Gasteiger partial charge on any atom is -0.391 e. The average Bonchev–Trinajstić information content (AvgIpc) is 2.37. The molecule has 1 heterocycles. The van der Waals surface area contributed by atoms with Crippen molar-refractivity contribution in [3.05, 3.63) is 29.3 Å². The lowest BCUT2D eigenvalue weighted by atomic mass is 10.0. The zero-order valence-corrected chi connectivity index (χ0v) is 10.7. The Kier molecular flexibility index (Phi) is 3.89. The van der Waals surface area contributed by atoms with Crippen molar-refractivity contribution in [3.8, 4) is 0 Å². The summed E-state index contributed by atoms with van der Waals surface area (Å²) in [6, 6.07) is 3.71. The van der Waals surface area contributed by atoms with E-state index < -0.39 is 23.7 Å². The first-order valence-electron chi connectivity index (χ1n) is 6.27. The molecule has 1 aliphatic rings. The van der Waals surface area contributed by atoms with Crippen LogP contribution in [0.3, 0.4) is 0 Å². The molecule has 1 aromatic carbocycles. The van der Waals surface area contributed by atoms with Gasteiger partial charge in [0.2, 0.25) is 0 Å². The number of nitrogens with two attached hydrogens (primary N) is 1. The summed E-state index contributed by atoms with van der Waals surface area (Å²) in [6.45, 7) is 0.921. The number of nitrogen functional groups attached to an aromatic ring is 1. The number of benzene rings is 1. The normalized spacial score (nSPS) is 20.0. The molecule has 110 valence electrons. The molecule has 0 spiro atoms. The van der Waals surface area contributed by atoms with E-state index in [9.17, 15) is 18.3 Å². The SMILES string of the molecule is N=C(N)c1ccc(N2CCCC(O)C2)cc1C(F)(F)F. The molecule has 1 aromatic rings. The minimum absolute atomic E-state index is 0.316. The molecule has 4 N–H and O–H groups in total. The lowest BCUT2D eigenvalue weighted by molar-refractivity contribution is -0.137. The summed E-state index contributed by atoms with van der Waals surface area (Å²) in [5.74, 6) is -0.609. The van der Waals surface area contributed by atoms with Crippen LogP contribution in [0, 0.1) is 5.41 Å². The van der Waals surface area contributed by atoms with Crippen LogP contribution in [0.15, 0.2) is 18.2 Å². The number of β-amino-alcohol motifs (C(OH)–C–C–N with tert-alkyl or cyclic N) is 1. The predicted octanol–water partition coefficient (Wildman–Crippen LogP) is 1.95. The molecular weight excluding hydrogens is 271 g/mol. The Hall–Kier alpha value is -1.76. The number of alkyl halides is 3. The van der Waals surface area contributed by atoms with Gasteiger partial charge in [-0.1, -0.05) is 0 Å². The van der Waals surface area contributed by atoms with E-state index in [0.29, 0.717) is 25.2 Å². The fourth-order valence-electron chi connectivity index (χ4n) is 2.39. The Morgan fingerprint density at radius 3 is 2.65 bits per heavy atom. The Morgan fingerprint density at radius 1 is 1.40 bits per heavy atom. The van der Waals surface area contributed by atoms with Crippen molar-refractivity contribution in [1.82, 2.24) is 0 Å². The van der Waals surface area contributed by atoms with E-state index in [1.54, 1.807) is 4.90 Å². The molecule has 4 nitrogen and oxygen atoms in total. The van der Waals surface area contributed by atoms with Crippen LogP contribution in [-0.2, 0) is 6.18 Å². The van der Waals surface area contributed by atoms with Gasteiger partial charge in [-0.25, -0.2) is 0 Å². The third-order valence-corrected chi connectivity index (χ3v) is 3.36. The Morgan fingerprint density at radius 2 is 2.10 bits per heavy atom. The van der Waals surface area contributed by atoms with Crippen LogP contribution in [0.4, 0.5) is 18.9 Å². The van der Waals surface area contributed by atoms with Crippen molar-refractivity contribution in [2.24, 2.45) is 5.73 Å². The molecule has 1 atom stereocenters. The quantitative estimate of drug-likeness (QED) is 0.575. The number of aliphatic hydroxyl groups excluding tert-OH is 1. The first kappa shape index (κ1) is 14.6. The minimum atomic E-state index is -4.56. The number of anilines is 1. The molecular formula is C13H16F3N3O. The van der Waals surface area contributed by atoms with E-state index >= 15 is 0 Å². The second-order valence-corrected chi connectivity index (χ2v) is 4.88. The predicted molar refractivity (Wildman–Crippen MR) is 69.9 cm³/mol. The largest absolute Gasteiger partial charge is 0.417 e. The summed E-state index contributed by atoms with van der Waals surface area (Å²) in [5, 5.41) is 16.8. The second kappa shape index (κ2) is 5.32. The van der Waals surface area contributed by atoms with Gasteiger partial charge in [-0.3, -0.25) is 5.41 Å². The zero-order chi connectivity index (χ0) is 14.9. The number of aliphatic hydroxyl groups is 1. The van der Waals surface area contributed by atoms with Gasteiger partial charge in [0.15, 0.2) is 0 Å².